The van der Waals surface area contributed by atoms with E-state index in [1.165, 1.54) is 109 Å². The van der Waals surface area contributed by atoms with Gasteiger partial charge in [0.05, 0.1) is 58.2 Å². The summed E-state index contributed by atoms with van der Waals surface area (Å²) in [6.07, 6.45) is 33.9. The highest BCUT2D eigenvalue weighted by Gasteiger charge is 2.66. The second-order valence-corrected chi connectivity index (χ2v) is 38.8. The van der Waals surface area contributed by atoms with Crippen LogP contribution in [0.1, 0.15) is 262 Å². The van der Waals surface area contributed by atoms with Gasteiger partial charge in [0.25, 0.3) is 0 Å². The Bertz CT molecular complexity index is 3730. The lowest BCUT2D eigenvalue weighted by Crippen LogP contribution is -2.58. The Morgan fingerprint density at radius 2 is 0.819 bits per heavy atom. The summed E-state index contributed by atoms with van der Waals surface area (Å²) >= 11 is 0. The highest BCUT2D eigenvalue weighted by molar-refractivity contribution is 5.80. The van der Waals surface area contributed by atoms with Crippen LogP contribution in [-0.2, 0) is 38.1 Å². The zero-order chi connectivity index (χ0) is 75.8. The maximum absolute atomic E-state index is 13.6. The summed E-state index contributed by atoms with van der Waals surface area (Å²) in [6.45, 7) is 34.7. The van der Waals surface area contributed by atoms with E-state index >= 15 is 0 Å². The molecule has 0 amide bonds. The molecule has 0 spiro atoms. The molecule has 10 aliphatic carbocycles. The second kappa shape index (κ2) is 29.6. The van der Waals surface area contributed by atoms with Crippen molar-refractivity contribution < 1.29 is 67.3 Å². The molecular weight excluding hydrogens is 1320 g/mol. The van der Waals surface area contributed by atoms with Crippen LogP contribution in [0, 0.1) is 101 Å². The molecule has 0 bridgehead atoms. The van der Waals surface area contributed by atoms with E-state index in [0.717, 1.165) is 51.4 Å². The standard InChI is InChI=1S/C91H130O14/c1-82(2)70-39-45-86(9)54-58-23-31-68-84(5,6)76(43-47-88(68,11)62(58)27-33-72(86)90(70,13)49-41-74(82)100-17)104-80(96)37-35-78(94)102-64-29-21-56(51-66(64)98-15)19-25-60(92)53-61(93)26-20-57-22-30-65(67(52-57)99-16)103-79(95)36-38-81(97)105-77-44-48-89(12)63-28-34-73-87(10,55-59(63)24-32-69(89)85(77,7)8)46-40-71-83(3,4)75(101-18)42-50-91(71,73)14/h19-26,29-30,51-53,60,62-63,68-77,92-93H,27-28,31-50,54-55H2,1-18H3/b25-19+,26-20+,61-53-/t60?,62-,63-,68-,69-,70-,71-,72+,73+,74-,75-,76-,77-,86+,87+,88+,89+,90-,91-/m1/s1. The maximum Gasteiger partial charge on any atom is 0.311 e. The molecule has 2 N–H and O–H groups in total. The van der Waals surface area contributed by atoms with Crippen molar-refractivity contribution in [2.45, 2.75) is 282 Å². The third kappa shape index (κ3) is 14.6. The van der Waals surface area contributed by atoms with E-state index in [0.29, 0.717) is 92.3 Å². The first kappa shape index (κ1) is 78.9. The van der Waals surface area contributed by atoms with Crippen molar-refractivity contribution in [2.24, 2.45) is 101 Å². The molecule has 14 heteroatoms. The lowest BCUT2D eigenvalue weighted by atomic mass is 9.42. The number of benzene rings is 2. The predicted octanol–water partition coefficient (Wildman–Crippen LogP) is 20.3. The zero-order valence-corrected chi connectivity index (χ0v) is 67.3. The Hall–Kier alpha value is -5.70. The van der Waals surface area contributed by atoms with Crippen molar-refractivity contribution in [3.05, 3.63) is 94.8 Å². The number of carbonyl (C=O) groups is 4. The molecule has 2 aromatic rings. The zero-order valence-electron chi connectivity index (χ0n) is 67.3. The number of fused-ring (bicyclic) bond motifs is 12. The molecule has 12 rings (SSSR count). The first-order valence-electron chi connectivity index (χ1n) is 40.5. The van der Waals surface area contributed by atoms with Crippen LogP contribution in [0.5, 0.6) is 23.0 Å². The molecule has 0 radical (unpaired) electrons. The number of aliphatic hydroxyl groups is 2. The van der Waals surface area contributed by atoms with Crippen LogP contribution in [0.2, 0.25) is 0 Å². The van der Waals surface area contributed by atoms with E-state index in [2.05, 4.69) is 109 Å². The quantitative estimate of drug-likeness (QED) is 0.0445. The van der Waals surface area contributed by atoms with Crippen LogP contribution in [0.25, 0.3) is 12.2 Å². The second-order valence-electron chi connectivity index (χ2n) is 38.8. The van der Waals surface area contributed by atoms with Gasteiger partial charge in [-0.1, -0.05) is 151 Å². The van der Waals surface area contributed by atoms with Crippen LogP contribution in [0.15, 0.2) is 83.7 Å². The topological polar surface area (TPSA) is 183 Å². The Morgan fingerprint density at radius 3 is 1.23 bits per heavy atom. The van der Waals surface area contributed by atoms with Gasteiger partial charge >= 0.3 is 23.9 Å². The summed E-state index contributed by atoms with van der Waals surface area (Å²) in [6, 6.07) is 9.93. The van der Waals surface area contributed by atoms with Gasteiger partial charge in [0.15, 0.2) is 23.0 Å². The van der Waals surface area contributed by atoms with Gasteiger partial charge in [0.2, 0.25) is 0 Å². The number of rotatable bonds is 19. The van der Waals surface area contributed by atoms with Crippen LogP contribution >= 0.6 is 0 Å². The van der Waals surface area contributed by atoms with E-state index in [-0.39, 0.29) is 99.1 Å². The van der Waals surface area contributed by atoms with Crippen molar-refractivity contribution in [2.75, 3.05) is 28.4 Å². The van der Waals surface area contributed by atoms with Crippen molar-refractivity contribution in [3.8, 4) is 23.0 Å². The summed E-state index contributed by atoms with van der Waals surface area (Å²) in [5.74, 6) is 3.20. The maximum atomic E-state index is 13.6. The van der Waals surface area contributed by atoms with E-state index < -0.39 is 30.0 Å². The summed E-state index contributed by atoms with van der Waals surface area (Å²) in [7, 11) is 6.75. The Kier molecular flexibility index (Phi) is 22.2. The smallest absolute Gasteiger partial charge is 0.311 e. The van der Waals surface area contributed by atoms with E-state index in [4.69, 9.17) is 37.9 Å². The molecule has 10 aliphatic rings. The van der Waals surface area contributed by atoms with Gasteiger partial charge in [0.1, 0.15) is 18.0 Å². The molecule has 578 valence electrons. The van der Waals surface area contributed by atoms with Crippen molar-refractivity contribution in [1.82, 2.24) is 0 Å². The van der Waals surface area contributed by atoms with Gasteiger partial charge in [-0.2, -0.15) is 0 Å². The molecule has 0 saturated heterocycles. The number of aliphatic hydroxyl groups excluding tert-OH is 2. The van der Waals surface area contributed by atoms with Gasteiger partial charge in [-0.3, -0.25) is 19.2 Å². The molecule has 0 heterocycles. The minimum atomic E-state index is -1.18. The van der Waals surface area contributed by atoms with E-state index in [1.807, 2.05) is 14.2 Å². The number of carbonyl (C=O) groups excluding carboxylic acids is 4. The minimum absolute atomic E-state index is 0.103. The van der Waals surface area contributed by atoms with Crippen LogP contribution in [0.3, 0.4) is 0 Å². The first-order chi connectivity index (χ1) is 49.4. The fraction of sp³-hybridized carbons (Fsp3) is 0.714. The molecule has 8 fully saturated rings. The number of hydrogen-bond acceptors (Lipinski definition) is 14. The molecule has 8 saturated carbocycles. The number of methoxy groups -OCH3 is 4. The van der Waals surface area contributed by atoms with Crippen molar-refractivity contribution in [1.29, 1.82) is 0 Å². The molecule has 105 heavy (non-hydrogen) atoms. The van der Waals surface area contributed by atoms with Crippen LogP contribution in [-0.4, -0.2) is 93.0 Å². The molecule has 1 unspecified atom stereocenters. The largest absolute Gasteiger partial charge is 0.508 e. The van der Waals surface area contributed by atoms with E-state index in [1.54, 1.807) is 59.7 Å². The highest BCUT2D eigenvalue weighted by atomic mass is 16.6. The average molecular weight is 1450 g/mol. The first-order valence-corrected chi connectivity index (χ1v) is 40.5. The van der Waals surface area contributed by atoms with Gasteiger partial charge in [-0.05, 0) is 267 Å². The normalized spacial score (nSPS) is 38.1. The summed E-state index contributed by atoms with van der Waals surface area (Å²) in [4.78, 5) is 53.9. The molecular formula is C91H130O14. The van der Waals surface area contributed by atoms with Crippen molar-refractivity contribution >= 4 is 36.0 Å². The Labute approximate surface area is 629 Å². The third-order valence-corrected chi connectivity index (χ3v) is 31.9. The minimum Gasteiger partial charge on any atom is -0.508 e. The van der Waals surface area contributed by atoms with Crippen molar-refractivity contribution in [3.63, 3.8) is 0 Å². The average Bonchev–Trinajstić information content (AvgIpc) is 1.38. The fourth-order valence-electron chi connectivity index (χ4n) is 26.7. The van der Waals surface area contributed by atoms with Gasteiger partial charge in [-0.15, -0.1) is 0 Å². The monoisotopic (exact) mass is 1450 g/mol. The number of ether oxygens (including phenoxy) is 8. The summed E-state index contributed by atoms with van der Waals surface area (Å²) in [5.41, 5.74) is 5.83. The highest BCUT2D eigenvalue weighted by Crippen LogP contribution is 2.73. The van der Waals surface area contributed by atoms with Crippen LogP contribution < -0.4 is 18.9 Å². The third-order valence-electron chi connectivity index (χ3n) is 31.9. The lowest BCUT2D eigenvalue weighted by Gasteiger charge is -2.64. The molecule has 19 atom stereocenters. The molecule has 2 aromatic carbocycles. The SMILES string of the molecule is COc1cc(/C=C/C(O)=C/C(O)/C=C/c2ccc(OC(=O)CCC(=O)O[C@@H]3CC[C@@]4(C)[C@@H]5CC[C@H]6[C@@](C)(CC[C@@H]7C(C)(C)[C@H](OC)CC[C@]76C)CC5=CC[C@@H]4C3(C)C)c(OC)c2)ccc1OC(=O)CCC(=O)O[C@@H]1CC[C@@]2(C)[C@@H]3CC[C@H]4[C@@](C)(CC[C@@H]5C(C)(C)[C@H](OC)CC[C@]54C)CC3=CC[C@@H]2C1(C)C. The lowest BCUT2D eigenvalue weighted by molar-refractivity contribution is -0.178. The van der Waals surface area contributed by atoms with Gasteiger partial charge in [-0.25, -0.2) is 0 Å². The molecule has 0 aromatic heterocycles. The Balaban J connectivity index is 0.575. The van der Waals surface area contributed by atoms with Crippen LogP contribution in [0.4, 0.5) is 0 Å². The van der Waals surface area contributed by atoms with E-state index in [9.17, 15) is 29.4 Å². The Morgan fingerprint density at radius 1 is 0.438 bits per heavy atom. The van der Waals surface area contributed by atoms with Gasteiger partial charge < -0.3 is 48.1 Å². The number of allylic oxidation sites excluding steroid dienone is 5. The predicted molar refractivity (Wildman–Crippen MR) is 412 cm³/mol. The molecule has 0 aliphatic heterocycles. The fourth-order valence-corrected chi connectivity index (χ4v) is 26.7. The van der Waals surface area contributed by atoms with Gasteiger partial charge in [0, 0.05) is 25.0 Å². The summed E-state index contributed by atoms with van der Waals surface area (Å²) < 4.78 is 47.6. The summed E-state index contributed by atoms with van der Waals surface area (Å²) in [5, 5.41) is 21.7. The number of esters is 4. The molecule has 14 nitrogen and oxygen atoms in total. The number of hydrogen-bond donors (Lipinski definition) is 2.